The van der Waals surface area contributed by atoms with E-state index in [4.69, 9.17) is 0 Å². The minimum Gasteiger partial charge on any atom is -0.507 e. The largest absolute Gasteiger partial charge is 0.507 e. The Morgan fingerprint density at radius 3 is 1.47 bits per heavy atom. The lowest BCUT2D eigenvalue weighted by atomic mass is 9.77. The molecule has 0 unspecified atom stereocenters. The van der Waals surface area contributed by atoms with Gasteiger partial charge in [-0.15, -0.1) is 0 Å². The Hall–Kier alpha value is -0.980. The van der Waals surface area contributed by atoms with Crippen LogP contribution < -0.4 is 0 Å². The maximum atomic E-state index is 11.0. The van der Waals surface area contributed by atoms with Crippen LogP contribution in [-0.4, -0.2) is 5.11 Å². The normalized spacial score (nSPS) is 12.7. The van der Waals surface area contributed by atoms with Crippen molar-refractivity contribution in [1.82, 2.24) is 0 Å². The van der Waals surface area contributed by atoms with E-state index in [1.165, 1.54) is 76.2 Å². The first-order valence-electron chi connectivity index (χ1n) is 12.9. The van der Waals surface area contributed by atoms with Crippen LogP contribution in [0.4, 0.5) is 0 Å². The smallest absolute Gasteiger partial charge is 0.123 e. The number of hydrogen-bond acceptors (Lipinski definition) is 1. The maximum absolute atomic E-state index is 11.0. The molecule has 0 saturated heterocycles. The molecule has 0 heterocycles. The highest BCUT2D eigenvalue weighted by molar-refractivity contribution is 5.49. The van der Waals surface area contributed by atoms with Gasteiger partial charge in [-0.2, -0.15) is 0 Å². The van der Waals surface area contributed by atoms with Crippen LogP contribution in [0.5, 0.6) is 5.75 Å². The quantitative estimate of drug-likeness (QED) is 0.317. The third-order valence-corrected chi connectivity index (χ3v) is 6.56. The van der Waals surface area contributed by atoms with Gasteiger partial charge in [-0.3, -0.25) is 0 Å². The predicted molar refractivity (Wildman–Crippen MR) is 135 cm³/mol. The summed E-state index contributed by atoms with van der Waals surface area (Å²) in [5, 5.41) is 11.0. The molecular formula is C29H52O. The summed E-state index contributed by atoms with van der Waals surface area (Å²) in [4.78, 5) is 0. The molecule has 1 aromatic rings. The predicted octanol–water partition coefficient (Wildman–Crippen LogP) is 9.48. The van der Waals surface area contributed by atoms with Gasteiger partial charge in [-0.05, 0) is 46.3 Å². The zero-order valence-electron chi connectivity index (χ0n) is 21.7. The van der Waals surface area contributed by atoms with E-state index in [0.717, 1.165) is 23.5 Å². The SMILES string of the molecule is CCCCCCC(CCCCCC)CCc1cc(C(C)(C)C)c(O)c(C(C)(C)C)c1. The molecule has 0 spiro atoms. The van der Waals surface area contributed by atoms with E-state index in [0.29, 0.717) is 5.75 Å². The molecule has 174 valence electrons. The van der Waals surface area contributed by atoms with Gasteiger partial charge in [0.15, 0.2) is 0 Å². The van der Waals surface area contributed by atoms with Crippen LogP contribution in [0, 0.1) is 5.92 Å². The van der Waals surface area contributed by atoms with Gasteiger partial charge in [0.05, 0.1) is 0 Å². The number of phenols is 1. The van der Waals surface area contributed by atoms with Crippen molar-refractivity contribution in [1.29, 1.82) is 0 Å². The van der Waals surface area contributed by atoms with Crippen LogP contribution in [0.2, 0.25) is 0 Å². The van der Waals surface area contributed by atoms with Gasteiger partial charge in [0, 0.05) is 0 Å². The summed E-state index contributed by atoms with van der Waals surface area (Å²) in [7, 11) is 0. The first-order chi connectivity index (χ1) is 14.0. The molecule has 0 aliphatic rings. The van der Waals surface area contributed by atoms with Gasteiger partial charge in [-0.1, -0.05) is 132 Å². The van der Waals surface area contributed by atoms with E-state index in [1.54, 1.807) is 0 Å². The van der Waals surface area contributed by atoms with Crippen molar-refractivity contribution in [2.24, 2.45) is 5.92 Å². The number of phenolic OH excluding ortho intramolecular Hbond substituents is 1. The van der Waals surface area contributed by atoms with Crippen LogP contribution in [0.25, 0.3) is 0 Å². The van der Waals surface area contributed by atoms with Crippen LogP contribution >= 0.6 is 0 Å². The van der Waals surface area contributed by atoms with E-state index in [1.807, 2.05) is 0 Å². The zero-order valence-corrected chi connectivity index (χ0v) is 21.7. The summed E-state index contributed by atoms with van der Waals surface area (Å²) in [6.45, 7) is 17.9. The van der Waals surface area contributed by atoms with Crippen molar-refractivity contribution >= 4 is 0 Å². The lowest BCUT2D eigenvalue weighted by molar-refractivity contribution is 0.382. The van der Waals surface area contributed by atoms with Gasteiger partial charge in [0.25, 0.3) is 0 Å². The summed E-state index contributed by atoms with van der Waals surface area (Å²) in [5.74, 6) is 1.36. The summed E-state index contributed by atoms with van der Waals surface area (Å²) >= 11 is 0. The van der Waals surface area contributed by atoms with Crippen LogP contribution in [0.3, 0.4) is 0 Å². The van der Waals surface area contributed by atoms with Crippen molar-refractivity contribution in [3.05, 3.63) is 28.8 Å². The second-order valence-electron chi connectivity index (χ2n) is 11.6. The van der Waals surface area contributed by atoms with E-state index >= 15 is 0 Å². The molecule has 0 saturated carbocycles. The fourth-order valence-corrected chi connectivity index (χ4v) is 4.51. The number of hydrogen-bond donors (Lipinski definition) is 1. The minimum absolute atomic E-state index is 0.0419. The third kappa shape index (κ3) is 9.44. The average molecular weight is 417 g/mol. The second kappa shape index (κ2) is 12.8. The Kier molecular flexibility index (Phi) is 11.5. The molecule has 1 aromatic carbocycles. The Balaban J connectivity index is 2.94. The average Bonchev–Trinajstić information content (AvgIpc) is 2.64. The Morgan fingerprint density at radius 1 is 0.667 bits per heavy atom. The highest BCUT2D eigenvalue weighted by Crippen LogP contribution is 2.40. The van der Waals surface area contributed by atoms with E-state index in [2.05, 4.69) is 67.5 Å². The van der Waals surface area contributed by atoms with E-state index in [9.17, 15) is 5.11 Å². The molecule has 1 N–H and O–H groups in total. The molecule has 1 rings (SSSR count). The molecule has 0 aliphatic heterocycles. The highest BCUT2D eigenvalue weighted by atomic mass is 16.3. The summed E-state index contributed by atoms with van der Waals surface area (Å²) < 4.78 is 0. The lowest BCUT2D eigenvalue weighted by Crippen LogP contribution is -2.18. The summed E-state index contributed by atoms with van der Waals surface area (Å²) in [6.07, 6.45) is 16.2. The van der Waals surface area contributed by atoms with Gasteiger partial charge in [0.1, 0.15) is 5.75 Å². The molecule has 0 radical (unpaired) electrons. The van der Waals surface area contributed by atoms with E-state index < -0.39 is 0 Å². The summed E-state index contributed by atoms with van der Waals surface area (Å²) in [6, 6.07) is 4.57. The molecule has 0 aromatic heterocycles. The molecule has 1 heteroatoms. The topological polar surface area (TPSA) is 20.2 Å². The maximum Gasteiger partial charge on any atom is 0.123 e. The molecule has 0 fully saturated rings. The lowest BCUT2D eigenvalue weighted by Gasteiger charge is -2.28. The molecule has 0 aliphatic carbocycles. The van der Waals surface area contributed by atoms with Crippen LogP contribution in [0.1, 0.15) is 143 Å². The van der Waals surface area contributed by atoms with Crippen LogP contribution in [-0.2, 0) is 17.3 Å². The summed E-state index contributed by atoms with van der Waals surface area (Å²) in [5.41, 5.74) is 3.54. The molecular weight excluding hydrogens is 364 g/mol. The second-order valence-corrected chi connectivity index (χ2v) is 11.6. The van der Waals surface area contributed by atoms with Gasteiger partial charge in [-0.25, -0.2) is 0 Å². The van der Waals surface area contributed by atoms with Crippen molar-refractivity contribution in [2.45, 2.75) is 143 Å². The zero-order chi connectivity index (χ0) is 22.8. The van der Waals surface area contributed by atoms with Crippen LogP contribution in [0.15, 0.2) is 12.1 Å². The first-order valence-corrected chi connectivity index (χ1v) is 12.9. The highest BCUT2D eigenvalue weighted by Gasteiger charge is 2.26. The number of aromatic hydroxyl groups is 1. The number of rotatable bonds is 13. The molecule has 0 amide bonds. The minimum atomic E-state index is -0.0419. The Morgan fingerprint density at radius 2 is 1.10 bits per heavy atom. The number of unbranched alkanes of at least 4 members (excludes halogenated alkanes) is 6. The standard InChI is InChI=1S/C29H52O/c1-9-11-13-15-17-23(18-16-14-12-10-2)19-20-24-21-25(28(3,4)5)27(30)26(22-24)29(6,7)8/h21-23,30H,9-20H2,1-8H3. The number of aryl methyl sites for hydroxylation is 1. The Labute approximate surface area is 189 Å². The first kappa shape index (κ1) is 27.1. The van der Waals surface area contributed by atoms with Gasteiger partial charge < -0.3 is 5.11 Å². The van der Waals surface area contributed by atoms with Crippen molar-refractivity contribution in [3.8, 4) is 5.75 Å². The Bertz CT molecular complexity index is 553. The van der Waals surface area contributed by atoms with Gasteiger partial charge >= 0.3 is 0 Å². The molecule has 30 heavy (non-hydrogen) atoms. The van der Waals surface area contributed by atoms with Gasteiger partial charge in [0.2, 0.25) is 0 Å². The molecule has 0 bridgehead atoms. The van der Waals surface area contributed by atoms with Crippen molar-refractivity contribution in [3.63, 3.8) is 0 Å². The van der Waals surface area contributed by atoms with Crippen molar-refractivity contribution < 1.29 is 5.11 Å². The monoisotopic (exact) mass is 416 g/mol. The van der Waals surface area contributed by atoms with E-state index in [-0.39, 0.29) is 10.8 Å². The molecule has 0 atom stereocenters. The van der Waals surface area contributed by atoms with Crippen molar-refractivity contribution in [2.75, 3.05) is 0 Å². The third-order valence-electron chi connectivity index (χ3n) is 6.56. The fraction of sp³-hybridized carbons (Fsp3) is 0.793. The fourth-order valence-electron chi connectivity index (χ4n) is 4.51. The molecule has 1 nitrogen and oxygen atoms in total. The number of benzene rings is 1.